The fraction of sp³-hybridized carbons (Fsp3) is 0.0588. The molecule has 0 amide bonds. The maximum Gasteiger partial charge on any atom is 0.257 e. The van der Waals surface area contributed by atoms with Gasteiger partial charge in [-0.1, -0.05) is 36.0 Å². The van der Waals surface area contributed by atoms with Crippen LogP contribution < -0.4 is 5.73 Å². The zero-order chi connectivity index (χ0) is 17.2. The SMILES string of the molecule is Nc1nc(CSc2nc3ccccc3o2)nc(-c2ccccc2O)n1. The number of oxazole rings is 1. The Morgan fingerprint density at radius 1 is 0.960 bits per heavy atom. The Hall–Kier alpha value is -3.13. The molecule has 2 heterocycles. The molecule has 0 bridgehead atoms. The second kappa shape index (κ2) is 6.40. The van der Waals surface area contributed by atoms with Gasteiger partial charge in [0.05, 0.1) is 11.3 Å². The van der Waals surface area contributed by atoms with Gasteiger partial charge in [-0.2, -0.15) is 9.97 Å². The maximum absolute atomic E-state index is 9.96. The third-order valence-electron chi connectivity index (χ3n) is 3.44. The van der Waals surface area contributed by atoms with Crippen molar-refractivity contribution in [1.29, 1.82) is 0 Å². The summed E-state index contributed by atoms with van der Waals surface area (Å²) < 4.78 is 5.66. The lowest BCUT2D eigenvalue weighted by atomic mass is 10.2. The molecule has 0 saturated carbocycles. The van der Waals surface area contributed by atoms with Crippen molar-refractivity contribution in [2.45, 2.75) is 11.0 Å². The van der Waals surface area contributed by atoms with E-state index < -0.39 is 0 Å². The van der Waals surface area contributed by atoms with Gasteiger partial charge < -0.3 is 15.3 Å². The largest absolute Gasteiger partial charge is 0.507 e. The van der Waals surface area contributed by atoms with Crippen molar-refractivity contribution in [2.24, 2.45) is 0 Å². The van der Waals surface area contributed by atoms with Crippen molar-refractivity contribution in [3.63, 3.8) is 0 Å². The number of nitrogens with two attached hydrogens (primary N) is 1. The van der Waals surface area contributed by atoms with Crippen molar-refractivity contribution in [3.8, 4) is 17.1 Å². The normalized spacial score (nSPS) is 11.0. The second-order valence-corrected chi connectivity index (χ2v) is 6.11. The molecular formula is C17H13N5O2S. The first kappa shape index (κ1) is 15.4. The number of rotatable bonds is 4. The lowest BCUT2D eigenvalue weighted by Crippen LogP contribution is -2.04. The maximum atomic E-state index is 9.96. The van der Waals surface area contributed by atoms with Crippen LogP contribution in [0.3, 0.4) is 0 Å². The molecule has 0 atom stereocenters. The van der Waals surface area contributed by atoms with Crippen LogP contribution in [0.1, 0.15) is 5.82 Å². The van der Waals surface area contributed by atoms with Gasteiger partial charge in [0.1, 0.15) is 17.1 Å². The number of anilines is 1. The monoisotopic (exact) mass is 351 g/mol. The predicted octanol–water partition coefficient (Wildman–Crippen LogP) is 3.26. The number of nitrogens with zero attached hydrogens (tertiary/aromatic N) is 4. The van der Waals surface area contributed by atoms with E-state index in [0.717, 1.165) is 11.1 Å². The topological polar surface area (TPSA) is 111 Å². The Bertz CT molecular complexity index is 1020. The summed E-state index contributed by atoms with van der Waals surface area (Å²) in [7, 11) is 0. The molecular weight excluding hydrogens is 338 g/mol. The minimum absolute atomic E-state index is 0.0886. The number of nitrogen functional groups attached to an aromatic ring is 1. The summed E-state index contributed by atoms with van der Waals surface area (Å²) in [6, 6.07) is 14.4. The minimum atomic E-state index is 0.0886. The van der Waals surface area contributed by atoms with Crippen molar-refractivity contribution in [3.05, 3.63) is 54.4 Å². The Labute approximate surface area is 147 Å². The van der Waals surface area contributed by atoms with Gasteiger partial charge >= 0.3 is 0 Å². The quantitative estimate of drug-likeness (QED) is 0.539. The summed E-state index contributed by atoms with van der Waals surface area (Å²) in [4.78, 5) is 17.0. The third kappa shape index (κ3) is 3.24. The van der Waals surface area contributed by atoms with E-state index in [2.05, 4.69) is 19.9 Å². The van der Waals surface area contributed by atoms with E-state index in [1.54, 1.807) is 24.3 Å². The predicted molar refractivity (Wildman–Crippen MR) is 94.9 cm³/mol. The highest BCUT2D eigenvalue weighted by atomic mass is 32.2. The fourth-order valence-electron chi connectivity index (χ4n) is 2.32. The number of aromatic nitrogens is 4. The molecule has 0 aliphatic carbocycles. The number of thioether (sulfide) groups is 1. The lowest BCUT2D eigenvalue weighted by Gasteiger charge is -2.05. The first-order chi connectivity index (χ1) is 12.2. The number of hydrogen-bond donors (Lipinski definition) is 2. The van der Waals surface area contributed by atoms with Crippen LogP contribution in [0.5, 0.6) is 5.75 Å². The summed E-state index contributed by atoms with van der Waals surface area (Å²) in [6.45, 7) is 0. The number of phenolic OH excluding ortho intramolecular Hbond substituents is 1. The first-order valence-corrected chi connectivity index (χ1v) is 8.45. The molecule has 0 unspecified atom stereocenters. The molecule has 0 aliphatic heterocycles. The van der Waals surface area contributed by atoms with Crippen LogP contribution >= 0.6 is 11.8 Å². The van der Waals surface area contributed by atoms with Crippen molar-refractivity contribution in [1.82, 2.24) is 19.9 Å². The van der Waals surface area contributed by atoms with Crippen LogP contribution in [0.25, 0.3) is 22.5 Å². The van der Waals surface area contributed by atoms with E-state index in [-0.39, 0.29) is 11.7 Å². The van der Waals surface area contributed by atoms with E-state index in [0.29, 0.717) is 28.2 Å². The average Bonchev–Trinajstić information content (AvgIpc) is 3.03. The van der Waals surface area contributed by atoms with E-state index in [4.69, 9.17) is 10.2 Å². The number of fused-ring (bicyclic) bond motifs is 1. The number of hydrogen-bond acceptors (Lipinski definition) is 8. The molecule has 124 valence electrons. The smallest absolute Gasteiger partial charge is 0.257 e. The van der Waals surface area contributed by atoms with Crippen LogP contribution in [0, 0.1) is 0 Å². The molecule has 25 heavy (non-hydrogen) atoms. The highest BCUT2D eigenvalue weighted by molar-refractivity contribution is 7.98. The van der Waals surface area contributed by atoms with E-state index in [1.165, 1.54) is 11.8 Å². The van der Waals surface area contributed by atoms with Gasteiger partial charge in [0.2, 0.25) is 5.95 Å². The molecule has 8 heteroatoms. The fourth-order valence-corrected chi connectivity index (χ4v) is 3.02. The Morgan fingerprint density at radius 3 is 2.60 bits per heavy atom. The van der Waals surface area contributed by atoms with E-state index >= 15 is 0 Å². The average molecular weight is 351 g/mol. The zero-order valence-electron chi connectivity index (χ0n) is 13.0. The summed E-state index contributed by atoms with van der Waals surface area (Å²) in [5.74, 6) is 1.42. The molecule has 0 radical (unpaired) electrons. The van der Waals surface area contributed by atoms with Crippen molar-refractivity contribution < 1.29 is 9.52 Å². The number of phenols is 1. The summed E-state index contributed by atoms with van der Waals surface area (Å²) >= 11 is 1.37. The second-order valence-electron chi connectivity index (χ2n) is 5.19. The van der Waals surface area contributed by atoms with Crippen LogP contribution in [-0.2, 0) is 5.75 Å². The molecule has 0 spiro atoms. The Morgan fingerprint density at radius 2 is 1.76 bits per heavy atom. The first-order valence-electron chi connectivity index (χ1n) is 7.46. The Kier molecular flexibility index (Phi) is 3.95. The molecule has 7 nitrogen and oxygen atoms in total. The standard InChI is InChI=1S/C17H13N5O2S/c18-16-21-14(20-15(22-16)10-5-1-3-7-12(10)23)9-25-17-19-11-6-2-4-8-13(11)24-17/h1-8,23H,9H2,(H2,18,20,21,22). The molecule has 2 aromatic carbocycles. The third-order valence-corrected chi connectivity index (χ3v) is 4.27. The highest BCUT2D eigenvalue weighted by Crippen LogP contribution is 2.28. The number of aromatic hydroxyl groups is 1. The number of benzene rings is 2. The highest BCUT2D eigenvalue weighted by Gasteiger charge is 2.12. The van der Waals surface area contributed by atoms with Gasteiger partial charge in [-0.3, -0.25) is 0 Å². The van der Waals surface area contributed by atoms with Crippen LogP contribution in [0.2, 0.25) is 0 Å². The van der Waals surface area contributed by atoms with Crippen molar-refractivity contribution in [2.75, 3.05) is 5.73 Å². The van der Waals surface area contributed by atoms with Gasteiger partial charge in [0, 0.05) is 0 Å². The Balaban J connectivity index is 1.59. The molecule has 0 saturated heterocycles. The summed E-state index contributed by atoms with van der Waals surface area (Å²) in [5, 5.41) is 10.5. The molecule has 3 N–H and O–H groups in total. The minimum Gasteiger partial charge on any atom is -0.507 e. The van der Waals surface area contributed by atoms with Gasteiger partial charge in [-0.25, -0.2) is 9.97 Å². The molecule has 4 rings (SSSR count). The molecule has 2 aromatic heterocycles. The van der Waals surface area contributed by atoms with Gasteiger partial charge in [-0.15, -0.1) is 0 Å². The lowest BCUT2D eigenvalue weighted by molar-refractivity contribution is 0.477. The van der Waals surface area contributed by atoms with Crippen LogP contribution in [0.4, 0.5) is 5.95 Å². The van der Waals surface area contributed by atoms with Gasteiger partial charge in [0.15, 0.2) is 11.4 Å². The van der Waals surface area contributed by atoms with Crippen LogP contribution in [0.15, 0.2) is 58.2 Å². The zero-order valence-corrected chi connectivity index (χ0v) is 13.8. The van der Waals surface area contributed by atoms with Crippen molar-refractivity contribution >= 4 is 28.8 Å². The molecule has 0 aliphatic rings. The molecule has 0 fully saturated rings. The number of para-hydroxylation sites is 3. The van der Waals surface area contributed by atoms with E-state index in [9.17, 15) is 5.11 Å². The summed E-state index contributed by atoms with van der Waals surface area (Å²) in [5.41, 5.74) is 7.82. The van der Waals surface area contributed by atoms with Gasteiger partial charge in [0.25, 0.3) is 5.22 Å². The van der Waals surface area contributed by atoms with E-state index in [1.807, 2.05) is 24.3 Å². The summed E-state index contributed by atoms with van der Waals surface area (Å²) in [6.07, 6.45) is 0. The molecule has 4 aromatic rings. The van der Waals surface area contributed by atoms with Gasteiger partial charge in [-0.05, 0) is 24.3 Å². The van der Waals surface area contributed by atoms with Crippen LogP contribution in [-0.4, -0.2) is 25.0 Å².